The molecule has 16 heavy (non-hydrogen) atoms. The van der Waals surface area contributed by atoms with Gasteiger partial charge in [0.1, 0.15) is 0 Å². The quantitative estimate of drug-likeness (QED) is 0.722. The van der Waals surface area contributed by atoms with Crippen molar-refractivity contribution in [3.8, 4) is 0 Å². The maximum Gasteiger partial charge on any atom is 0.338 e. The number of carbonyl (C=O) groups excluding carboxylic acids is 1. The van der Waals surface area contributed by atoms with E-state index in [1.54, 1.807) is 30.6 Å². The molecule has 0 amide bonds. The molecule has 2 aromatic rings. The highest BCUT2D eigenvalue weighted by molar-refractivity contribution is 5.93. The van der Waals surface area contributed by atoms with Crippen molar-refractivity contribution in [1.82, 2.24) is 9.97 Å². The lowest BCUT2D eigenvalue weighted by atomic mass is 10.2. The van der Waals surface area contributed by atoms with Crippen LogP contribution in [0, 0.1) is 0 Å². The number of aromatic nitrogens is 2. The van der Waals surface area contributed by atoms with Crippen molar-refractivity contribution < 1.29 is 9.53 Å². The number of ether oxygens (including phenoxy) is 1. The van der Waals surface area contributed by atoms with Crippen molar-refractivity contribution in [3.63, 3.8) is 0 Å². The van der Waals surface area contributed by atoms with Crippen LogP contribution in [0.25, 0.3) is 11.0 Å². The Hall–Kier alpha value is -1.97. The van der Waals surface area contributed by atoms with Gasteiger partial charge in [0.25, 0.3) is 0 Å². The molecule has 0 fully saturated rings. The van der Waals surface area contributed by atoms with Gasteiger partial charge in [0.15, 0.2) is 0 Å². The Morgan fingerprint density at radius 3 is 2.56 bits per heavy atom. The second-order valence-corrected chi connectivity index (χ2v) is 3.71. The summed E-state index contributed by atoms with van der Waals surface area (Å²) in [6.45, 7) is 3.64. The number of carbonyl (C=O) groups is 1. The first-order chi connectivity index (χ1) is 7.66. The maximum atomic E-state index is 11.6. The van der Waals surface area contributed by atoms with Crippen LogP contribution in [-0.2, 0) is 4.74 Å². The van der Waals surface area contributed by atoms with E-state index in [9.17, 15) is 4.79 Å². The summed E-state index contributed by atoms with van der Waals surface area (Å²) < 4.78 is 5.10. The minimum atomic E-state index is -0.331. The molecule has 2 rings (SSSR count). The van der Waals surface area contributed by atoms with Gasteiger partial charge in [-0.2, -0.15) is 0 Å². The average Bonchev–Trinajstić information content (AvgIpc) is 2.27. The van der Waals surface area contributed by atoms with Crippen LogP contribution in [0.2, 0.25) is 0 Å². The van der Waals surface area contributed by atoms with Crippen LogP contribution in [0.15, 0.2) is 30.6 Å². The molecule has 0 bridgehead atoms. The van der Waals surface area contributed by atoms with Gasteiger partial charge in [0.2, 0.25) is 0 Å². The second kappa shape index (κ2) is 4.26. The highest BCUT2D eigenvalue weighted by atomic mass is 16.5. The minimum absolute atomic E-state index is 0.120. The molecule has 4 nitrogen and oxygen atoms in total. The molecule has 1 heterocycles. The average molecular weight is 216 g/mol. The lowest BCUT2D eigenvalue weighted by Crippen LogP contribution is -2.11. The summed E-state index contributed by atoms with van der Waals surface area (Å²) in [5.74, 6) is -0.331. The number of hydrogen-bond donors (Lipinski definition) is 0. The molecular formula is C12H12N2O2. The third kappa shape index (κ3) is 2.16. The van der Waals surface area contributed by atoms with E-state index in [0.717, 1.165) is 5.52 Å². The molecule has 0 aliphatic rings. The van der Waals surface area contributed by atoms with Gasteiger partial charge >= 0.3 is 5.97 Å². The molecule has 4 heteroatoms. The summed E-state index contributed by atoms with van der Waals surface area (Å²) in [7, 11) is 0. The molecule has 1 aromatic heterocycles. The lowest BCUT2D eigenvalue weighted by Gasteiger charge is -2.07. The van der Waals surface area contributed by atoms with Crippen LogP contribution < -0.4 is 0 Å². The second-order valence-electron chi connectivity index (χ2n) is 3.71. The van der Waals surface area contributed by atoms with Crippen molar-refractivity contribution in [3.05, 3.63) is 36.2 Å². The summed E-state index contributed by atoms with van der Waals surface area (Å²) in [6, 6.07) is 5.15. The molecular weight excluding hydrogens is 204 g/mol. The molecule has 0 saturated heterocycles. The van der Waals surface area contributed by atoms with Crippen molar-refractivity contribution >= 4 is 17.0 Å². The highest BCUT2D eigenvalue weighted by Crippen LogP contribution is 2.12. The van der Waals surface area contributed by atoms with E-state index in [0.29, 0.717) is 11.1 Å². The van der Waals surface area contributed by atoms with E-state index in [1.807, 2.05) is 13.8 Å². The van der Waals surface area contributed by atoms with Gasteiger partial charge in [0.05, 0.1) is 22.7 Å². The summed E-state index contributed by atoms with van der Waals surface area (Å²) in [5, 5.41) is 0. The van der Waals surface area contributed by atoms with Gasteiger partial charge in [-0.25, -0.2) is 4.79 Å². The van der Waals surface area contributed by atoms with Gasteiger partial charge in [-0.1, -0.05) is 0 Å². The third-order valence-electron chi connectivity index (χ3n) is 2.05. The zero-order valence-electron chi connectivity index (χ0n) is 9.18. The first-order valence-electron chi connectivity index (χ1n) is 5.08. The van der Waals surface area contributed by atoms with Gasteiger partial charge in [-0.05, 0) is 32.0 Å². The zero-order chi connectivity index (χ0) is 11.5. The fraction of sp³-hybridized carbons (Fsp3) is 0.250. The van der Waals surface area contributed by atoms with E-state index < -0.39 is 0 Å². The molecule has 0 aliphatic carbocycles. The first kappa shape index (κ1) is 10.5. The Morgan fingerprint density at radius 2 is 1.88 bits per heavy atom. The number of fused-ring (bicyclic) bond motifs is 1. The van der Waals surface area contributed by atoms with E-state index in [4.69, 9.17) is 4.74 Å². The number of hydrogen-bond acceptors (Lipinski definition) is 4. The lowest BCUT2D eigenvalue weighted by molar-refractivity contribution is 0.0378. The Kier molecular flexibility index (Phi) is 2.81. The van der Waals surface area contributed by atoms with Crippen LogP contribution in [0.3, 0.4) is 0 Å². The number of rotatable bonds is 2. The number of benzene rings is 1. The molecule has 0 radical (unpaired) electrons. The Bertz CT molecular complexity index is 523. The van der Waals surface area contributed by atoms with Crippen LogP contribution in [0.4, 0.5) is 0 Å². The predicted molar refractivity (Wildman–Crippen MR) is 60.1 cm³/mol. The molecule has 82 valence electrons. The van der Waals surface area contributed by atoms with Crippen LogP contribution >= 0.6 is 0 Å². The fourth-order valence-corrected chi connectivity index (χ4v) is 1.37. The van der Waals surface area contributed by atoms with Gasteiger partial charge < -0.3 is 4.74 Å². The van der Waals surface area contributed by atoms with Crippen molar-refractivity contribution in [2.45, 2.75) is 20.0 Å². The van der Waals surface area contributed by atoms with E-state index in [-0.39, 0.29) is 12.1 Å². The standard InChI is InChI=1S/C12H12N2O2/c1-8(2)16-12(15)9-3-4-10-11(7-9)14-6-5-13-10/h3-8H,1-2H3. The van der Waals surface area contributed by atoms with Gasteiger partial charge in [-0.3, -0.25) is 9.97 Å². The Labute approximate surface area is 93.3 Å². The number of nitrogens with zero attached hydrogens (tertiary/aromatic N) is 2. The number of esters is 1. The van der Waals surface area contributed by atoms with E-state index in [1.165, 1.54) is 0 Å². The molecule has 0 spiro atoms. The zero-order valence-corrected chi connectivity index (χ0v) is 9.18. The van der Waals surface area contributed by atoms with E-state index >= 15 is 0 Å². The highest BCUT2D eigenvalue weighted by Gasteiger charge is 2.09. The summed E-state index contributed by atoms with van der Waals surface area (Å²) >= 11 is 0. The summed E-state index contributed by atoms with van der Waals surface area (Å²) in [4.78, 5) is 19.9. The van der Waals surface area contributed by atoms with E-state index in [2.05, 4.69) is 9.97 Å². The molecule has 0 atom stereocenters. The summed E-state index contributed by atoms with van der Waals surface area (Å²) in [5.41, 5.74) is 1.96. The predicted octanol–water partition coefficient (Wildman–Crippen LogP) is 2.20. The normalized spacial score (nSPS) is 10.7. The van der Waals surface area contributed by atoms with Gasteiger partial charge in [-0.15, -0.1) is 0 Å². The SMILES string of the molecule is CC(C)OC(=O)c1ccc2nccnc2c1. The van der Waals surface area contributed by atoms with Crippen LogP contribution in [0.1, 0.15) is 24.2 Å². The smallest absolute Gasteiger partial charge is 0.338 e. The molecule has 0 saturated carbocycles. The summed E-state index contributed by atoms with van der Waals surface area (Å²) in [6.07, 6.45) is 3.10. The maximum absolute atomic E-state index is 11.6. The van der Waals surface area contributed by atoms with Crippen LogP contribution in [0.5, 0.6) is 0 Å². The Balaban J connectivity index is 2.35. The molecule has 1 aromatic carbocycles. The molecule has 0 aliphatic heterocycles. The van der Waals surface area contributed by atoms with Crippen molar-refractivity contribution in [2.75, 3.05) is 0 Å². The molecule has 0 N–H and O–H groups in total. The van der Waals surface area contributed by atoms with Gasteiger partial charge in [0, 0.05) is 12.4 Å². The fourth-order valence-electron chi connectivity index (χ4n) is 1.37. The topological polar surface area (TPSA) is 52.1 Å². The van der Waals surface area contributed by atoms with Crippen LogP contribution in [-0.4, -0.2) is 22.0 Å². The van der Waals surface area contributed by atoms with Crippen molar-refractivity contribution in [2.24, 2.45) is 0 Å². The molecule has 0 unspecified atom stereocenters. The van der Waals surface area contributed by atoms with Crippen molar-refractivity contribution in [1.29, 1.82) is 0 Å². The third-order valence-corrected chi connectivity index (χ3v) is 2.05. The largest absolute Gasteiger partial charge is 0.459 e. The Morgan fingerprint density at radius 1 is 1.19 bits per heavy atom. The first-order valence-corrected chi connectivity index (χ1v) is 5.08. The minimum Gasteiger partial charge on any atom is -0.459 e. The monoisotopic (exact) mass is 216 g/mol.